The number of hydrogen-bond donors (Lipinski definition) is 2. The van der Waals surface area contributed by atoms with Crippen molar-refractivity contribution < 1.29 is 9.69 Å². The van der Waals surface area contributed by atoms with Gasteiger partial charge in [0, 0.05) is 0 Å². The number of rotatable bonds is 8. The first-order valence-electron chi connectivity index (χ1n) is 10.2. The maximum Gasteiger partial charge on any atom is 0.275 e. The molecule has 0 aliphatic heterocycles. The highest BCUT2D eigenvalue weighted by Gasteiger charge is 2.19. The molecule has 0 radical (unpaired) electrons. The van der Waals surface area contributed by atoms with Crippen LogP contribution in [0.3, 0.4) is 0 Å². The fourth-order valence-electron chi connectivity index (χ4n) is 3.62. The van der Waals surface area contributed by atoms with E-state index in [0.717, 1.165) is 34.0 Å². The number of nitrogens with one attached hydrogen (secondary N) is 2. The molecule has 1 heterocycles. The minimum absolute atomic E-state index is 0.0450. The van der Waals surface area contributed by atoms with E-state index >= 15 is 0 Å². The average molecular weight is 417 g/mol. The van der Waals surface area contributed by atoms with Gasteiger partial charge in [-0.3, -0.25) is 4.79 Å². The van der Waals surface area contributed by atoms with Crippen molar-refractivity contribution in [1.82, 2.24) is 10.3 Å². The summed E-state index contributed by atoms with van der Waals surface area (Å²) in [6, 6.07) is 28.6. The number of thiazole rings is 1. The molecule has 0 fully saturated rings. The number of quaternary nitrogens is 1. The Morgan fingerprint density at radius 2 is 1.63 bits per heavy atom. The lowest BCUT2D eigenvalue weighted by atomic mass is 9.99. The Labute approximate surface area is 181 Å². The highest BCUT2D eigenvalue weighted by Crippen LogP contribution is 2.21. The summed E-state index contributed by atoms with van der Waals surface area (Å²) in [6.07, 6.45) is 0.771. The maximum absolute atomic E-state index is 12.8. The van der Waals surface area contributed by atoms with E-state index in [1.807, 2.05) is 61.6 Å². The van der Waals surface area contributed by atoms with E-state index < -0.39 is 0 Å². The Kier molecular flexibility index (Phi) is 6.52. The van der Waals surface area contributed by atoms with E-state index in [1.54, 1.807) is 11.3 Å². The van der Waals surface area contributed by atoms with Crippen LogP contribution >= 0.6 is 11.3 Å². The Morgan fingerprint density at radius 3 is 2.37 bits per heavy atom. The molecule has 1 amide bonds. The Bertz CT molecular complexity index is 1060. The van der Waals surface area contributed by atoms with Gasteiger partial charge in [0.15, 0.2) is 6.54 Å². The third kappa shape index (κ3) is 5.32. The zero-order valence-corrected chi connectivity index (χ0v) is 17.9. The fourth-order valence-corrected chi connectivity index (χ4v) is 4.70. The second-order valence-corrected chi connectivity index (χ2v) is 8.72. The Hall–Kier alpha value is -3.02. The molecule has 1 unspecified atom stereocenters. The molecule has 0 saturated carbocycles. The summed E-state index contributed by atoms with van der Waals surface area (Å²) in [5.74, 6) is 0.0541. The van der Waals surface area contributed by atoms with Crippen molar-refractivity contribution in [3.8, 4) is 0 Å². The first-order chi connectivity index (χ1) is 14.7. The zero-order chi connectivity index (χ0) is 20.8. The van der Waals surface area contributed by atoms with Crippen molar-refractivity contribution in [2.75, 3.05) is 13.6 Å². The van der Waals surface area contributed by atoms with Gasteiger partial charge in [-0.05, 0) is 29.7 Å². The van der Waals surface area contributed by atoms with Crippen LogP contribution in [0.4, 0.5) is 0 Å². The number of para-hydroxylation sites is 1. The number of likely N-dealkylation sites (N-methyl/N-ethyl adjacent to an activating group) is 1. The number of aromatic nitrogens is 1. The quantitative estimate of drug-likeness (QED) is 0.462. The second kappa shape index (κ2) is 9.65. The van der Waals surface area contributed by atoms with Crippen molar-refractivity contribution >= 4 is 27.5 Å². The summed E-state index contributed by atoms with van der Waals surface area (Å²) in [4.78, 5) is 18.7. The third-order valence-corrected chi connectivity index (χ3v) is 6.11. The van der Waals surface area contributed by atoms with Gasteiger partial charge in [-0.1, -0.05) is 72.8 Å². The molecule has 0 saturated heterocycles. The van der Waals surface area contributed by atoms with Crippen LogP contribution in [-0.2, 0) is 17.8 Å². The van der Waals surface area contributed by atoms with Crippen molar-refractivity contribution in [3.05, 3.63) is 101 Å². The molecule has 152 valence electrons. The normalized spacial score (nSPS) is 13.1. The number of amides is 1. The molecular weight excluding hydrogens is 390 g/mol. The summed E-state index contributed by atoms with van der Waals surface area (Å²) in [6.45, 7) is 1.15. The second-order valence-electron chi connectivity index (χ2n) is 7.61. The van der Waals surface area contributed by atoms with E-state index in [9.17, 15) is 4.79 Å². The fraction of sp³-hybridized carbons (Fsp3) is 0.200. The number of benzene rings is 3. The van der Waals surface area contributed by atoms with Gasteiger partial charge >= 0.3 is 0 Å². The molecule has 0 aliphatic carbocycles. The number of carbonyl (C=O) groups is 1. The summed E-state index contributed by atoms with van der Waals surface area (Å²) in [5.41, 5.74) is 3.36. The summed E-state index contributed by atoms with van der Waals surface area (Å²) < 4.78 is 1.19. The van der Waals surface area contributed by atoms with Gasteiger partial charge in [-0.15, -0.1) is 11.3 Å². The Morgan fingerprint density at radius 1 is 0.967 bits per heavy atom. The third-order valence-electron chi connectivity index (χ3n) is 5.07. The topological polar surface area (TPSA) is 46.4 Å². The first kappa shape index (κ1) is 20.3. The number of carbonyl (C=O) groups excluding carboxylic acids is 1. The van der Waals surface area contributed by atoms with Crippen LogP contribution in [0.25, 0.3) is 10.2 Å². The minimum Gasteiger partial charge on any atom is -0.344 e. The number of nitrogens with zero attached hydrogens (tertiary/aromatic N) is 1. The van der Waals surface area contributed by atoms with Gasteiger partial charge in [-0.25, -0.2) is 4.98 Å². The van der Waals surface area contributed by atoms with Gasteiger partial charge < -0.3 is 10.2 Å². The molecule has 1 aromatic heterocycles. The van der Waals surface area contributed by atoms with Crippen LogP contribution in [0.2, 0.25) is 0 Å². The highest BCUT2D eigenvalue weighted by atomic mass is 32.1. The van der Waals surface area contributed by atoms with Crippen molar-refractivity contribution in [3.63, 3.8) is 0 Å². The van der Waals surface area contributed by atoms with Gasteiger partial charge in [0.2, 0.25) is 0 Å². The smallest absolute Gasteiger partial charge is 0.275 e. The molecule has 5 heteroatoms. The van der Waals surface area contributed by atoms with Gasteiger partial charge in [0.1, 0.15) is 11.6 Å². The highest BCUT2D eigenvalue weighted by molar-refractivity contribution is 7.18. The van der Waals surface area contributed by atoms with Gasteiger partial charge in [0.05, 0.1) is 23.3 Å². The lowest BCUT2D eigenvalue weighted by Crippen LogP contribution is -3.08. The predicted octanol–water partition coefficient (Wildman–Crippen LogP) is 3.41. The molecule has 2 N–H and O–H groups in total. The molecular formula is C25H26N3OS+. The van der Waals surface area contributed by atoms with Gasteiger partial charge in [0.25, 0.3) is 5.91 Å². The van der Waals surface area contributed by atoms with E-state index in [-0.39, 0.29) is 11.9 Å². The van der Waals surface area contributed by atoms with Crippen LogP contribution in [0, 0.1) is 0 Å². The van der Waals surface area contributed by atoms with E-state index in [0.29, 0.717) is 6.54 Å². The molecule has 4 nitrogen and oxygen atoms in total. The molecule has 3 aromatic carbocycles. The molecule has 0 bridgehead atoms. The summed E-state index contributed by atoms with van der Waals surface area (Å²) in [7, 11) is 2.04. The summed E-state index contributed by atoms with van der Waals surface area (Å²) in [5, 5.41) is 4.31. The van der Waals surface area contributed by atoms with E-state index in [2.05, 4.69) is 35.6 Å². The summed E-state index contributed by atoms with van der Waals surface area (Å²) >= 11 is 1.70. The number of fused-ring (bicyclic) bond motifs is 1. The average Bonchev–Trinajstić information content (AvgIpc) is 3.16. The van der Waals surface area contributed by atoms with E-state index in [1.165, 1.54) is 10.3 Å². The first-order valence-corrected chi connectivity index (χ1v) is 11.0. The molecule has 0 spiro atoms. The van der Waals surface area contributed by atoms with Crippen molar-refractivity contribution in [1.29, 1.82) is 0 Å². The zero-order valence-electron chi connectivity index (χ0n) is 17.0. The maximum atomic E-state index is 12.8. The van der Waals surface area contributed by atoms with Crippen LogP contribution in [-0.4, -0.2) is 24.5 Å². The lowest BCUT2D eigenvalue weighted by molar-refractivity contribution is -0.885. The monoisotopic (exact) mass is 416 g/mol. The van der Waals surface area contributed by atoms with Crippen LogP contribution in [0.5, 0.6) is 0 Å². The van der Waals surface area contributed by atoms with Crippen LogP contribution in [0.1, 0.15) is 22.2 Å². The molecule has 4 rings (SSSR count). The largest absolute Gasteiger partial charge is 0.344 e. The molecule has 0 aliphatic rings. The SMILES string of the molecule is C[NH+](CC(=O)N[C@H](Cc1ccccc1)c1ccccc1)Cc1nc2ccccc2s1. The standard InChI is InChI=1S/C25H25N3OS/c1-28(18-25-27-21-14-8-9-15-23(21)30-25)17-24(29)26-22(20-12-6-3-7-13-20)16-19-10-4-2-5-11-19/h2-15,22H,16-18H2,1H3,(H,26,29)/p+1/t22-/m1/s1. The lowest BCUT2D eigenvalue weighted by Gasteiger charge is -2.20. The van der Waals surface area contributed by atoms with Crippen LogP contribution in [0.15, 0.2) is 84.9 Å². The Balaban J connectivity index is 1.40. The van der Waals surface area contributed by atoms with Crippen LogP contribution < -0.4 is 10.2 Å². The minimum atomic E-state index is -0.0450. The van der Waals surface area contributed by atoms with Crippen molar-refractivity contribution in [2.24, 2.45) is 0 Å². The molecule has 2 atom stereocenters. The van der Waals surface area contributed by atoms with E-state index in [4.69, 9.17) is 4.98 Å². The number of hydrogen-bond acceptors (Lipinski definition) is 3. The molecule has 30 heavy (non-hydrogen) atoms. The molecule has 4 aromatic rings. The predicted molar refractivity (Wildman–Crippen MR) is 123 cm³/mol. The van der Waals surface area contributed by atoms with Gasteiger partial charge in [-0.2, -0.15) is 0 Å². The van der Waals surface area contributed by atoms with Crippen molar-refractivity contribution in [2.45, 2.75) is 19.0 Å².